The predicted octanol–water partition coefficient (Wildman–Crippen LogP) is 4.50. The van der Waals surface area contributed by atoms with Crippen LogP contribution in [0.3, 0.4) is 0 Å². The van der Waals surface area contributed by atoms with Gasteiger partial charge in [-0.1, -0.05) is 37.5 Å². The number of nitrogens with one attached hydrogen (secondary N) is 2. The van der Waals surface area contributed by atoms with Crippen LogP contribution in [0.4, 0.5) is 16.2 Å². The Kier molecular flexibility index (Phi) is 6.44. The van der Waals surface area contributed by atoms with E-state index in [2.05, 4.69) is 10.6 Å². The molecular weight excluding hydrogens is 404 g/mol. The molecule has 1 saturated carbocycles. The first-order chi connectivity index (χ1) is 15.5. The summed E-state index contributed by atoms with van der Waals surface area (Å²) in [7, 11) is 3.34. The third-order valence-corrected chi connectivity index (χ3v) is 6.32. The van der Waals surface area contributed by atoms with Crippen LogP contribution in [-0.2, 0) is 4.79 Å². The molecule has 4 rings (SSSR count). The lowest BCUT2D eigenvalue weighted by atomic mass is 9.83. The Labute approximate surface area is 188 Å². The quantitative estimate of drug-likeness (QED) is 0.743. The molecule has 0 aromatic heterocycles. The van der Waals surface area contributed by atoms with Crippen molar-refractivity contribution in [3.8, 4) is 5.75 Å². The lowest BCUT2D eigenvalue weighted by Crippen LogP contribution is -2.47. The van der Waals surface area contributed by atoms with E-state index in [0.717, 1.165) is 48.2 Å². The number of para-hydroxylation sites is 1. The van der Waals surface area contributed by atoms with Crippen LogP contribution in [0.15, 0.2) is 47.5 Å². The monoisotopic (exact) mass is 434 g/mol. The van der Waals surface area contributed by atoms with Crippen molar-refractivity contribution in [1.82, 2.24) is 5.32 Å². The summed E-state index contributed by atoms with van der Waals surface area (Å²) in [6, 6.07) is 12.8. The number of fused-ring (bicyclic) bond motifs is 1. The fourth-order valence-electron chi connectivity index (χ4n) is 4.53. The zero-order valence-electron chi connectivity index (χ0n) is 18.9. The smallest absolute Gasteiger partial charge is 0.321 e. The molecule has 3 amide bonds. The number of aryl methyl sites for hydroxylation is 1. The third-order valence-electron chi connectivity index (χ3n) is 6.32. The van der Waals surface area contributed by atoms with Gasteiger partial charge in [0, 0.05) is 24.2 Å². The summed E-state index contributed by atoms with van der Waals surface area (Å²) in [4.78, 5) is 32.5. The summed E-state index contributed by atoms with van der Waals surface area (Å²) in [5, 5.41) is 5.62. The predicted molar refractivity (Wildman–Crippen MR) is 127 cm³/mol. The fraction of sp³-hybridized carbons (Fsp3) is 0.400. The molecule has 2 aliphatic rings. The first kappa shape index (κ1) is 21.9. The Balaban J connectivity index is 1.61. The van der Waals surface area contributed by atoms with Crippen LogP contribution in [-0.4, -0.2) is 38.0 Å². The Bertz CT molecular complexity index is 1040. The van der Waals surface area contributed by atoms with E-state index in [-0.39, 0.29) is 5.91 Å². The zero-order valence-corrected chi connectivity index (χ0v) is 18.9. The minimum Gasteiger partial charge on any atom is -0.497 e. The third kappa shape index (κ3) is 4.47. The van der Waals surface area contributed by atoms with E-state index < -0.39 is 12.2 Å². The molecule has 1 unspecified atom stereocenters. The van der Waals surface area contributed by atoms with Crippen LogP contribution in [0.2, 0.25) is 0 Å². The summed E-state index contributed by atoms with van der Waals surface area (Å²) >= 11 is 0. The highest BCUT2D eigenvalue weighted by molar-refractivity contribution is 6.14. The van der Waals surface area contributed by atoms with Gasteiger partial charge in [0.25, 0.3) is 5.91 Å². The molecule has 1 aliphatic heterocycles. The molecule has 0 saturated heterocycles. The molecular formula is C25H30N4O3. The van der Waals surface area contributed by atoms with E-state index >= 15 is 0 Å². The highest BCUT2D eigenvalue weighted by Crippen LogP contribution is 2.33. The number of urea groups is 1. The minimum atomic E-state index is -0.983. The molecule has 0 spiro atoms. The van der Waals surface area contributed by atoms with Gasteiger partial charge in [0.05, 0.1) is 18.5 Å². The molecule has 0 bridgehead atoms. The van der Waals surface area contributed by atoms with Gasteiger partial charge in [0.2, 0.25) is 6.17 Å². The first-order valence-electron chi connectivity index (χ1n) is 11.1. The minimum absolute atomic E-state index is 0.259. The van der Waals surface area contributed by atoms with Gasteiger partial charge >= 0.3 is 6.03 Å². The molecule has 7 heteroatoms. The number of rotatable bonds is 4. The fourth-order valence-corrected chi connectivity index (χ4v) is 4.53. The first-order valence-corrected chi connectivity index (χ1v) is 11.1. The van der Waals surface area contributed by atoms with Crippen LogP contribution in [0, 0.1) is 12.8 Å². The van der Waals surface area contributed by atoms with Gasteiger partial charge in [-0.25, -0.2) is 4.79 Å². The number of carbonyl (C=O) groups excluding carboxylic acids is 2. The highest BCUT2D eigenvalue weighted by Gasteiger charge is 2.33. The van der Waals surface area contributed by atoms with Gasteiger partial charge in [0.15, 0.2) is 0 Å². The van der Waals surface area contributed by atoms with E-state index in [1.54, 1.807) is 31.2 Å². The number of methoxy groups -OCH3 is 1. The standard InChI is InChI=1S/C25H30N4O3/c1-16-15-18(32-3)13-14-20(16)26-25(31)28-23-24(30)29(2)21-12-8-7-11-19(21)22(27-23)17-9-5-4-6-10-17/h7-8,11-15,17,23H,4-6,9-10H2,1-3H3,(H2,26,28,31). The second-order valence-corrected chi connectivity index (χ2v) is 8.45. The summed E-state index contributed by atoms with van der Waals surface area (Å²) in [6.45, 7) is 1.89. The lowest BCUT2D eigenvalue weighted by molar-refractivity contribution is -0.119. The molecule has 1 fully saturated rings. The summed E-state index contributed by atoms with van der Waals surface area (Å²) in [6.07, 6.45) is 4.66. The maximum Gasteiger partial charge on any atom is 0.321 e. The summed E-state index contributed by atoms with van der Waals surface area (Å²) in [5.74, 6) is 0.749. The number of hydrogen-bond donors (Lipinski definition) is 2. The molecule has 1 aliphatic carbocycles. The van der Waals surface area contributed by atoms with Gasteiger partial charge < -0.3 is 20.3 Å². The Morgan fingerprint density at radius 2 is 1.88 bits per heavy atom. The summed E-state index contributed by atoms with van der Waals surface area (Å²) < 4.78 is 5.22. The van der Waals surface area contributed by atoms with Gasteiger partial charge in [-0.3, -0.25) is 9.79 Å². The van der Waals surface area contributed by atoms with Crippen molar-refractivity contribution in [3.05, 3.63) is 53.6 Å². The van der Waals surface area contributed by atoms with Gasteiger partial charge in [-0.05, 0) is 49.6 Å². The van der Waals surface area contributed by atoms with Crippen LogP contribution >= 0.6 is 0 Å². The number of amides is 3. The van der Waals surface area contributed by atoms with Crippen LogP contribution in [0.5, 0.6) is 5.75 Å². The van der Waals surface area contributed by atoms with Crippen LogP contribution < -0.4 is 20.3 Å². The van der Waals surface area contributed by atoms with Crippen molar-refractivity contribution in [2.45, 2.75) is 45.2 Å². The maximum absolute atomic E-state index is 13.2. The normalized spacial score (nSPS) is 19.0. The largest absolute Gasteiger partial charge is 0.497 e. The van der Waals surface area contributed by atoms with Crippen molar-refractivity contribution in [2.75, 3.05) is 24.4 Å². The Morgan fingerprint density at radius 3 is 2.59 bits per heavy atom. The second-order valence-electron chi connectivity index (χ2n) is 8.45. The second kappa shape index (κ2) is 9.42. The number of likely N-dealkylation sites (N-methyl/N-ethyl adjacent to an activating group) is 1. The topological polar surface area (TPSA) is 83.0 Å². The molecule has 1 atom stereocenters. The zero-order chi connectivity index (χ0) is 22.7. The number of anilines is 2. The molecule has 1 heterocycles. The van der Waals surface area contributed by atoms with Gasteiger partial charge in [0.1, 0.15) is 5.75 Å². The van der Waals surface area contributed by atoms with E-state index in [1.165, 1.54) is 6.42 Å². The molecule has 2 aromatic rings. The lowest BCUT2D eigenvalue weighted by Gasteiger charge is -2.25. The van der Waals surface area contributed by atoms with Gasteiger partial charge in [-0.15, -0.1) is 0 Å². The molecule has 2 aromatic carbocycles. The maximum atomic E-state index is 13.2. The van der Waals surface area contributed by atoms with E-state index in [9.17, 15) is 9.59 Å². The summed E-state index contributed by atoms with van der Waals surface area (Å²) in [5.41, 5.74) is 4.24. The number of benzodiazepines with no additional fused rings is 1. The van der Waals surface area contributed by atoms with Crippen molar-refractivity contribution in [1.29, 1.82) is 0 Å². The molecule has 32 heavy (non-hydrogen) atoms. The van der Waals surface area contributed by atoms with Crippen LogP contribution in [0.1, 0.15) is 43.2 Å². The Hall–Kier alpha value is -3.35. The van der Waals surface area contributed by atoms with Crippen molar-refractivity contribution in [3.63, 3.8) is 0 Å². The number of carbonyl (C=O) groups is 2. The number of aliphatic imine (C=N–C) groups is 1. The van der Waals surface area contributed by atoms with E-state index in [4.69, 9.17) is 9.73 Å². The van der Waals surface area contributed by atoms with Crippen LogP contribution in [0.25, 0.3) is 0 Å². The van der Waals surface area contributed by atoms with E-state index in [1.807, 2.05) is 37.3 Å². The molecule has 168 valence electrons. The molecule has 7 nitrogen and oxygen atoms in total. The number of ether oxygens (including phenoxy) is 1. The number of nitrogens with zero attached hydrogens (tertiary/aromatic N) is 2. The SMILES string of the molecule is COc1ccc(NC(=O)NC2N=C(C3CCCCC3)c3ccccc3N(C)C2=O)c(C)c1. The Morgan fingerprint density at radius 1 is 1.12 bits per heavy atom. The molecule has 2 N–H and O–H groups in total. The molecule has 0 radical (unpaired) electrons. The number of hydrogen-bond acceptors (Lipinski definition) is 4. The van der Waals surface area contributed by atoms with Crippen molar-refractivity contribution < 1.29 is 14.3 Å². The average molecular weight is 435 g/mol. The average Bonchev–Trinajstić information content (AvgIpc) is 2.91. The number of benzene rings is 2. The van der Waals surface area contributed by atoms with E-state index in [0.29, 0.717) is 17.4 Å². The highest BCUT2D eigenvalue weighted by atomic mass is 16.5. The van der Waals surface area contributed by atoms with Crippen molar-refractivity contribution in [2.24, 2.45) is 10.9 Å². The van der Waals surface area contributed by atoms with Gasteiger partial charge in [-0.2, -0.15) is 0 Å². The van der Waals surface area contributed by atoms with Crippen molar-refractivity contribution >= 4 is 29.0 Å².